The predicted octanol–water partition coefficient (Wildman–Crippen LogP) is 4.08. The van der Waals surface area contributed by atoms with Gasteiger partial charge in [-0.15, -0.1) is 0 Å². The van der Waals surface area contributed by atoms with E-state index < -0.39 is 47.5 Å². The van der Waals surface area contributed by atoms with Gasteiger partial charge in [-0.05, 0) is 31.2 Å². The number of carbonyl (C=O) groups is 4. The first-order valence-electron chi connectivity index (χ1n) is 14.1. The van der Waals surface area contributed by atoms with Crippen LogP contribution >= 0.6 is 0 Å². The van der Waals surface area contributed by atoms with E-state index in [1.54, 1.807) is 54.6 Å². The summed E-state index contributed by atoms with van der Waals surface area (Å²) in [5.74, 6) is -3.65. The first kappa shape index (κ1) is 29.9. The Morgan fingerprint density at radius 1 is 0.870 bits per heavy atom. The minimum Gasteiger partial charge on any atom is -0.451 e. The van der Waals surface area contributed by atoms with Gasteiger partial charge < -0.3 is 24.5 Å². The van der Waals surface area contributed by atoms with E-state index in [2.05, 4.69) is 9.97 Å². The summed E-state index contributed by atoms with van der Waals surface area (Å²) in [5, 5.41) is 10.1. The number of ketones is 2. The summed E-state index contributed by atoms with van der Waals surface area (Å²) in [6.45, 7) is 1.42. The maximum atomic E-state index is 14.0. The van der Waals surface area contributed by atoms with Crippen molar-refractivity contribution in [1.29, 1.82) is 5.26 Å². The molecule has 0 spiro atoms. The van der Waals surface area contributed by atoms with Gasteiger partial charge in [-0.1, -0.05) is 66.7 Å². The molecule has 6 rings (SSSR count). The number of rotatable bonds is 8. The van der Waals surface area contributed by atoms with Crippen molar-refractivity contribution in [1.82, 2.24) is 14.5 Å². The summed E-state index contributed by atoms with van der Waals surface area (Å²) in [6, 6.07) is 25.8. The van der Waals surface area contributed by atoms with E-state index in [1.165, 1.54) is 60.4 Å². The van der Waals surface area contributed by atoms with Crippen molar-refractivity contribution in [2.45, 2.75) is 31.0 Å². The molecule has 1 aliphatic heterocycles. The van der Waals surface area contributed by atoms with Gasteiger partial charge in [0.2, 0.25) is 11.6 Å². The van der Waals surface area contributed by atoms with Crippen LogP contribution < -0.4 is 5.73 Å². The Balaban J connectivity index is 1.52. The van der Waals surface area contributed by atoms with E-state index in [0.29, 0.717) is 0 Å². The van der Waals surface area contributed by atoms with Gasteiger partial charge in [-0.25, -0.2) is 19.6 Å². The van der Waals surface area contributed by atoms with Crippen molar-refractivity contribution >= 4 is 40.4 Å². The second-order valence-electron chi connectivity index (χ2n) is 10.6. The smallest absolute Gasteiger partial charge is 0.338 e. The number of fused-ring (bicyclic) bond motifs is 1. The average Bonchev–Trinajstić information content (AvgIpc) is 3.60. The van der Waals surface area contributed by atoms with E-state index >= 15 is 0 Å². The average molecular weight is 616 g/mol. The van der Waals surface area contributed by atoms with Crippen molar-refractivity contribution < 1.29 is 33.4 Å². The summed E-state index contributed by atoms with van der Waals surface area (Å²) in [4.78, 5) is 62.8. The number of nitriles is 1. The number of hydrogen-bond acceptors (Lipinski definition) is 11. The van der Waals surface area contributed by atoms with Crippen molar-refractivity contribution in [3.63, 3.8) is 0 Å². The summed E-state index contributed by atoms with van der Waals surface area (Å²) >= 11 is 0. The van der Waals surface area contributed by atoms with Crippen molar-refractivity contribution in [2.75, 3.05) is 5.73 Å². The van der Waals surface area contributed by atoms with Gasteiger partial charge in [-0.2, -0.15) is 5.26 Å². The van der Waals surface area contributed by atoms with E-state index in [4.69, 9.17) is 19.9 Å². The molecule has 12 heteroatoms. The van der Waals surface area contributed by atoms with Gasteiger partial charge in [0.1, 0.15) is 23.9 Å². The fourth-order valence-corrected chi connectivity index (χ4v) is 5.44. The van der Waals surface area contributed by atoms with Gasteiger partial charge >= 0.3 is 11.9 Å². The van der Waals surface area contributed by atoms with E-state index in [9.17, 15) is 24.4 Å². The first-order valence-corrected chi connectivity index (χ1v) is 14.1. The highest BCUT2D eigenvalue weighted by Crippen LogP contribution is 2.46. The molecule has 0 radical (unpaired) electrons. The molecule has 5 aromatic rings. The number of ether oxygens (including phenoxy) is 3. The lowest BCUT2D eigenvalue weighted by molar-refractivity contribution is -0.131. The highest BCUT2D eigenvalue weighted by Gasteiger charge is 2.63. The van der Waals surface area contributed by atoms with Gasteiger partial charge in [0.05, 0.1) is 22.1 Å². The Labute approximate surface area is 262 Å². The number of nitrogens with two attached hydrogens (primary N) is 1. The summed E-state index contributed by atoms with van der Waals surface area (Å²) in [5.41, 5.74) is 4.68. The molecule has 1 fully saturated rings. The Kier molecular flexibility index (Phi) is 7.83. The van der Waals surface area contributed by atoms with Crippen LogP contribution in [0.3, 0.4) is 0 Å². The molecule has 2 unspecified atom stereocenters. The van der Waals surface area contributed by atoms with Crippen LogP contribution in [0.2, 0.25) is 0 Å². The van der Waals surface area contributed by atoms with E-state index in [-0.39, 0.29) is 39.1 Å². The lowest BCUT2D eigenvalue weighted by Gasteiger charge is -2.34. The summed E-state index contributed by atoms with van der Waals surface area (Å²) in [7, 11) is 0. The molecule has 1 aliphatic rings. The Morgan fingerprint density at radius 3 is 2.02 bits per heavy atom. The fraction of sp³-hybridized carbons (Fsp3) is 0.147. The molecule has 0 bridgehead atoms. The molecule has 3 aromatic carbocycles. The molecule has 228 valence electrons. The number of benzene rings is 3. The number of anilines is 1. The quantitative estimate of drug-likeness (QED) is 0.151. The Bertz CT molecular complexity index is 2010. The third-order valence-electron chi connectivity index (χ3n) is 7.70. The molecule has 3 heterocycles. The van der Waals surface area contributed by atoms with Gasteiger partial charge in [0, 0.05) is 11.8 Å². The van der Waals surface area contributed by atoms with Crippen LogP contribution in [0.15, 0.2) is 104 Å². The SMILES string of the molecule is C[C@@]1(OC(=O)c2ccccc2)C(OC(=O)c2ccccc2)C(C(=O)C(=O)c2ccccc2)O[C@H]1n1cc(C#N)c2c(N)ncnc21. The number of hydrogen-bond donors (Lipinski definition) is 1. The molecule has 0 amide bonds. The lowest BCUT2D eigenvalue weighted by Crippen LogP contribution is -2.51. The molecule has 0 saturated carbocycles. The summed E-state index contributed by atoms with van der Waals surface area (Å²) in [6.07, 6.45) is -2.32. The molecule has 1 saturated heterocycles. The van der Waals surface area contributed by atoms with Crippen LogP contribution in [-0.2, 0) is 19.0 Å². The first-order chi connectivity index (χ1) is 22.2. The molecule has 2 N–H and O–H groups in total. The summed E-state index contributed by atoms with van der Waals surface area (Å²) < 4.78 is 19.7. The maximum Gasteiger partial charge on any atom is 0.338 e. The number of nitrogens with zero attached hydrogens (tertiary/aromatic N) is 4. The molecule has 4 atom stereocenters. The minimum atomic E-state index is -1.98. The van der Waals surface area contributed by atoms with Crippen LogP contribution in [0.5, 0.6) is 0 Å². The molecule has 2 aromatic heterocycles. The molecular weight excluding hydrogens is 590 g/mol. The maximum absolute atomic E-state index is 14.0. The standard InChI is InChI=1S/C34H25N5O7/c1-34(46-32(43)22-15-9-4-10-16-22)28(45-31(42)21-13-7-3-8-14-21)27(26(41)25(40)20-11-5-2-6-12-20)44-33(34)39-18-23(17-35)24-29(36)37-19-38-30(24)39/h2-16,18-19,27-28,33H,1H3,(H2,36,37,38)/t27?,28?,33-,34-/m1/s1. The van der Waals surface area contributed by atoms with Gasteiger partial charge in [-0.3, -0.25) is 9.59 Å². The van der Waals surface area contributed by atoms with E-state index in [0.717, 1.165) is 0 Å². The number of esters is 2. The minimum absolute atomic E-state index is 0.000201. The third kappa shape index (κ3) is 5.25. The van der Waals surface area contributed by atoms with Gasteiger partial charge in [0.15, 0.2) is 24.0 Å². The third-order valence-corrected chi connectivity index (χ3v) is 7.70. The van der Waals surface area contributed by atoms with Crippen molar-refractivity contribution in [2.24, 2.45) is 0 Å². The second-order valence-corrected chi connectivity index (χ2v) is 10.6. The highest BCUT2D eigenvalue weighted by molar-refractivity contribution is 6.45. The zero-order chi connectivity index (χ0) is 32.4. The monoisotopic (exact) mass is 615 g/mol. The van der Waals surface area contributed by atoms with Crippen LogP contribution in [0, 0.1) is 11.3 Å². The fourth-order valence-electron chi connectivity index (χ4n) is 5.44. The molecular formula is C34H25N5O7. The second kappa shape index (κ2) is 12.1. The molecule has 0 aliphatic carbocycles. The van der Waals surface area contributed by atoms with Gasteiger partial charge in [0.25, 0.3) is 0 Å². The van der Waals surface area contributed by atoms with Crippen molar-refractivity contribution in [3.8, 4) is 6.07 Å². The number of nitrogen functional groups attached to an aromatic ring is 1. The zero-order valence-corrected chi connectivity index (χ0v) is 24.3. The number of Topliss-reactive ketones (excluding diaryl/α,β-unsaturated/α-hetero) is 2. The van der Waals surface area contributed by atoms with Crippen molar-refractivity contribution in [3.05, 3.63) is 126 Å². The topological polar surface area (TPSA) is 176 Å². The van der Waals surface area contributed by atoms with E-state index in [1.807, 2.05) is 6.07 Å². The van der Waals surface area contributed by atoms with Crippen LogP contribution in [0.1, 0.15) is 49.8 Å². The number of aromatic nitrogens is 3. The number of carbonyl (C=O) groups excluding carboxylic acids is 4. The normalized spacial score (nSPS) is 20.5. The predicted molar refractivity (Wildman–Crippen MR) is 162 cm³/mol. The molecule has 12 nitrogen and oxygen atoms in total. The van der Waals surface area contributed by atoms with Crippen LogP contribution in [0.25, 0.3) is 11.0 Å². The van der Waals surface area contributed by atoms with Crippen LogP contribution in [0.4, 0.5) is 5.82 Å². The molecule has 46 heavy (non-hydrogen) atoms. The Hall–Kier alpha value is -6.19. The van der Waals surface area contributed by atoms with Crippen LogP contribution in [-0.4, -0.2) is 55.8 Å². The largest absolute Gasteiger partial charge is 0.451 e. The Morgan fingerprint density at radius 2 is 1.43 bits per heavy atom. The highest BCUT2D eigenvalue weighted by atomic mass is 16.7. The zero-order valence-electron chi connectivity index (χ0n) is 24.3. The lowest BCUT2D eigenvalue weighted by atomic mass is 9.91.